The minimum Gasteiger partial charge on any atom is -0.492 e. The van der Waals surface area contributed by atoms with Crippen LogP contribution < -0.4 is 10.1 Å². The van der Waals surface area contributed by atoms with Crippen LogP contribution in [0.1, 0.15) is 24.1 Å². The topological polar surface area (TPSA) is 24.5 Å². The van der Waals surface area contributed by atoms with E-state index in [4.69, 9.17) is 16.3 Å². The van der Waals surface area contributed by atoms with Crippen LogP contribution in [0.2, 0.25) is 5.02 Å². The van der Waals surface area contributed by atoms with Crippen molar-refractivity contribution in [2.45, 2.75) is 19.9 Å². The van der Waals surface area contributed by atoms with Crippen LogP contribution in [0, 0.1) is 6.92 Å². The molecule has 1 aromatic rings. The summed E-state index contributed by atoms with van der Waals surface area (Å²) >= 11 is 6.27. The lowest BCUT2D eigenvalue weighted by molar-refractivity contribution is 0.240. The van der Waals surface area contributed by atoms with E-state index in [-0.39, 0.29) is 0 Å². The maximum atomic E-state index is 6.27. The van der Waals surface area contributed by atoms with E-state index in [2.05, 4.69) is 24.2 Å². The molecule has 0 saturated carbocycles. The monoisotopic (exact) mass is 268 g/mol. The minimum absolute atomic E-state index is 0.358. The van der Waals surface area contributed by atoms with Gasteiger partial charge in [-0.1, -0.05) is 11.6 Å². The van der Waals surface area contributed by atoms with Crippen LogP contribution in [0.25, 0.3) is 0 Å². The number of nitrogens with zero attached hydrogens (tertiary/aromatic N) is 1. The maximum Gasteiger partial charge on any atom is 0.138 e. The molecule has 0 aliphatic carbocycles. The number of aryl methyl sites for hydroxylation is 1. The van der Waals surface area contributed by atoms with Gasteiger partial charge in [-0.25, -0.2) is 0 Å². The molecule has 0 radical (unpaired) electrons. The van der Waals surface area contributed by atoms with E-state index in [1.807, 2.05) is 19.1 Å². The van der Waals surface area contributed by atoms with Gasteiger partial charge in [-0.05, 0) is 44.2 Å². The number of benzene rings is 1. The Morgan fingerprint density at radius 1 is 1.50 bits per heavy atom. The number of likely N-dealkylation sites (N-methyl/N-ethyl adjacent to an activating group) is 1. The number of hydrogen-bond acceptors (Lipinski definition) is 3. The summed E-state index contributed by atoms with van der Waals surface area (Å²) in [6.07, 6.45) is 0. The van der Waals surface area contributed by atoms with Crippen LogP contribution >= 0.6 is 11.6 Å². The number of nitrogens with one attached hydrogen (secondary N) is 1. The molecule has 0 bridgehead atoms. The lowest BCUT2D eigenvalue weighted by Gasteiger charge is -2.32. The van der Waals surface area contributed by atoms with Crippen LogP contribution in [0.15, 0.2) is 12.1 Å². The van der Waals surface area contributed by atoms with Crippen molar-refractivity contribution in [3.63, 3.8) is 0 Å². The van der Waals surface area contributed by atoms with Crippen molar-refractivity contribution >= 4 is 11.6 Å². The zero-order valence-corrected chi connectivity index (χ0v) is 12.0. The highest BCUT2D eigenvalue weighted by Gasteiger charge is 2.21. The fourth-order valence-corrected chi connectivity index (χ4v) is 2.64. The third-order valence-electron chi connectivity index (χ3n) is 3.37. The molecule has 1 heterocycles. The molecule has 3 nitrogen and oxygen atoms in total. The van der Waals surface area contributed by atoms with E-state index in [1.165, 1.54) is 11.1 Å². The number of ether oxygens (including phenoxy) is 1. The van der Waals surface area contributed by atoms with Gasteiger partial charge in [-0.3, -0.25) is 0 Å². The fraction of sp³-hybridized carbons (Fsp3) is 0.571. The first-order chi connectivity index (χ1) is 8.61. The predicted octanol–water partition coefficient (Wildman–Crippen LogP) is 2.62. The average Bonchev–Trinajstić information content (AvgIpc) is 2.33. The predicted molar refractivity (Wildman–Crippen MR) is 75.6 cm³/mol. The van der Waals surface area contributed by atoms with Crippen LogP contribution in [-0.2, 0) is 0 Å². The summed E-state index contributed by atoms with van der Waals surface area (Å²) < 4.78 is 5.52. The van der Waals surface area contributed by atoms with Gasteiger partial charge >= 0.3 is 0 Å². The molecule has 1 fully saturated rings. The summed E-state index contributed by atoms with van der Waals surface area (Å²) in [5, 5.41) is 4.25. The molecule has 1 unspecified atom stereocenters. The van der Waals surface area contributed by atoms with Crippen LogP contribution in [0.4, 0.5) is 0 Å². The zero-order valence-electron chi connectivity index (χ0n) is 11.3. The van der Waals surface area contributed by atoms with Gasteiger partial charge in [0, 0.05) is 25.7 Å². The molecule has 1 saturated heterocycles. The summed E-state index contributed by atoms with van der Waals surface area (Å²) in [6, 6.07) is 4.44. The molecule has 0 aromatic heterocycles. The highest BCUT2D eigenvalue weighted by atomic mass is 35.5. The van der Waals surface area contributed by atoms with Gasteiger partial charge in [0.1, 0.15) is 5.75 Å². The Bertz CT molecular complexity index is 423. The van der Waals surface area contributed by atoms with Crippen molar-refractivity contribution in [2.75, 3.05) is 33.3 Å². The third kappa shape index (κ3) is 2.97. The molecular weight excluding hydrogens is 248 g/mol. The van der Waals surface area contributed by atoms with E-state index in [0.29, 0.717) is 17.7 Å². The minimum atomic E-state index is 0.358. The summed E-state index contributed by atoms with van der Waals surface area (Å²) in [5.74, 6) is 0.782. The third-order valence-corrected chi connectivity index (χ3v) is 3.67. The lowest BCUT2D eigenvalue weighted by Crippen LogP contribution is -2.43. The number of rotatable bonds is 3. The molecule has 1 aliphatic rings. The van der Waals surface area contributed by atoms with Crippen molar-refractivity contribution in [2.24, 2.45) is 0 Å². The second-order valence-corrected chi connectivity index (χ2v) is 5.25. The van der Waals surface area contributed by atoms with Crippen molar-refractivity contribution in [3.05, 3.63) is 28.3 Å². The Morgan fingerprint density at radius 2 is 2.28 bits per heavy atom. The van der Waals surface area contributed by atoms with E-state index in [1.54, 1.807) is 0 Å². The van der Waals surface area contributed by atoms with Gasteiger partial charge in [-0.15, -0.1) is 0 Å². The van der Waals surface area contributed by atoms with Crippen molar-refractivity contribution < 1.29 is 4.74 Å². The quantitative estimate of drug-likeness (QED) is 0.912. The van der Waals surface area contributed by atoms with Gasteiger partial charge in [-0.2, -0.15) is 0 Å². The van der Waals surface area contributed by atoms with E-state index < -0.39 is 0 Å². The van der Waals surface area contributed by atoms with Crippen LogP contribution in [0.3, 0.4) is 0 Å². The standard InChI is InChI=1S/C14H21ClN2O/c1-4-18-14-7-10(2)11(8-12(14)15)13-9-17(3)6-5-16-13/h7-8,13,16H,4-6,9H2,1-3H3. The molecule has 1 atom stereocenters. The molecule has 4 heteroatoms. The Morgan fingerprint density at radius 3 is 2.94 bits per heavy atom. The van der Waals surface area contributed by atoms with Crippen LogP contribution in [-0.4, -0.2) is 38.2 Å². The Labute approximate surface area is 114 Å². The molecule has 18 heavy (non-hydrogen) atoms. The number of piperazine rings is 1. The average molecular weight is 269 g/mol. The second kappa shape index (κ2) is 5.91. The molecule has 1 N–H and O–H groups in total. The summed E-state index contributed by atoms with van der Waals surface area (Å²) in [5.41, 5.74) is 2.51. The number of hydrogen-bond donors (Lipinski definition) is 1. The smallest absolute Gasteiger partial charge is 0.138 e. The van der Waals surface area contributed by atoms with E-state index >= 15 is 0 Å². The maximum absolute atomic E-state index is 6.27. The van der Waals surface area contributed by atoms with Gasteiger partial charge in [0.25, 0.3) is 0 Å². The molecule has 0 spiro atoms. The molecule has 0 amide bonds. The highest BCUT2D eigenvalue weighted by Crippen LogP contribution is 2.31. The van der Waals surface area contributed by atoms with Crippen LogP contribution in [0.5, 0.6) is 5.75 Å². The van der Waals surface area contributed by atoms with Gasteiger partial charge in [0.2, 0.25) is 0 Å². The molecule has 100 valence electrons. The van der Waals surface area contributed by atoms with E-state index in [0.717, 1.165) is 25.4 Å². The van der Waals surface area contributed by atoms with Gasteiger partial charge < -0.3 is 15.0 Å². The summed E-state index contributed by atoms with van der Waals surface area (Å²) in [4.78, 5) is 2.34. The van der Waals surface area contributed by atoms with Crippen molar-refractivity contribution in [3.8, 4) is 5.75 Å². The molecular formula is C14H21ClN2O. The second-order valence-electron chi connectivity index (χ2n) is 4.84. The Balaban J connectivity index is 2.25. The van der Waals surface area contributed by atoms with E-state index in [9.17, 15) is 0 Å². The SMILES string of the molecule is CCOc1cc(C)c(C2CN(C)CCN2)cc1Cl. The Hall–Kier alpha value is -0.770. The van der Waals surface area contributed by atoms with Crippen molar-refractivity contribution in [1.82, 2.24) is 10.2 Å². The van der Waals surface area contributed by atoms with Crippen molar-refractivity contribution in [1.29, 1.82) is 0 Å². The molecule has 2 rings (SSSR count). The first kappa shape index (κ1) is 13.7. The fourth-order valence-electron chi connectivity index (χ4n) is 2.42. The summed E-state index contributed by atoms with van der Waals surface area (Å²) in [6.45, 7) is 7.86. The normalized spacial score (nSPS) is 21.0. The molecule has 1 aliphatic heterocycles. The van der Waals surface area contributed by atoms with Gasteiger partial charge in [0.05, 0.1) is 11.6 Å². The lowest BCUT2D eigenvalue weighted by atomic mass is 9.99. The molecule has 1 aromatic carbocycles. The Kier molecular flexibility index (Phi) is 4.49. The first-order valence-electron chi connectivity index (χ1n) is 6.46. The first-order valence-corrected chi connectivity index (χ1v) is 6.84. The summed E-state index contributed by atoms with van der Waals surface area (Å²) in [7, 11) is 2.15. The zero-order chi connectivity index (χ0) is 13.1. The van der Waals surface area contributed by atoms with Gasteiger partial charge in [0.15, 0.2) is 0 Å². The highest BCUT2D eigenvalue weighted by molar-refractivity contribution is 6.32. The largest absolute Gasteiger partial charge is 0.492 e. The number of halogens is 1.